The van der Waals surface area contributed by atoms with Gasteiger partial charge >= 0.3 is 0 Å². The normalized spacial score (nSPS) is 23.0. The van der Waals surface area contributed by atoms with Gasteiger partial charge in [0.15, 0.2) is 11.7 Å². The maximum absolute atomic E-state index is 6.47. The first-order valence-corrected chi connectivity index (χ1v) is 8.15. The van der Waals surface area contributed by atoms with E-state index in [2.05, 4.69) is 41.2 Å². The standard InChI is InChI=1S/C19H17ClN2O/c1-2-13-7-9-14(10-8-13)19(15-5-3-4-6-16(15)20)17(23-19)18-21-11-12-22-18/h3-12,17H,2H2,1H3,(H,21,22). The molecule has 4 heteroatoms. The molecule has 23 heavy (non-hydrogen) atoms. The number of hydrogen-bond acceptors (Lipinski definition) is 2. The molecule has 0 amide bonds. The predicted molar refractivity (Wildman–Crippen MR) is 90.5 cm³/mol. The average molecular weight is 325 g/mol. The molecule has 116 valence electrons. The van der Waals surface area contributed by atoms with Crippen molar-refractivity contribution in [2.45, 2.75) is 25.0 Å². The number of epoxide rings is 1. The minimum atomic E-state index is -0.567. The van der Waals surface area contributed by atoms with Gasteiger partial charge in [0.1, 0.15) is 5.82 Å². The average Bonchev–Trinajstić information content (AvgIpc) is 3.10. The van der Waals surface area contributed by atoms with Gasteiger partial charge in [-0.25, -0.2) is 4.98 Å². The van der Waals surface area contributed by atoms with Crippen molar-refractivity contribution >= 4 is 11.6 Å². The highest BCUT2D eigenvalue weighted by molar-refractivity contribution is 6.31. The molecule has 1 saturated heterocycles. The van der Waals surface area contributed by atoms with Gasteiger partial charge in [0, 0.05) is 23.0 Å². The van der Waals surface area contributed by atoms with E-state index in [-0.39, 0.29) is 6.10 Å². The second kappa shape index (κ2) is 5.52. The lowest BCUT2D eigenvalue weighted by Crippen LogP contribution is -2.13. The molecule has 1 N–H and O–H groups in total. The van der Waals surface area contributed by atoms with Crippen molar-refractivity contribution < 1.29 is 4.74 Å². The molecule has 0 bridgehead atoms. The molecule has 2 aromatic carbocycles. The summed E-state index contributed by atoms with van der Waals surface area (Å²) >= 11 is 6.47. The molecule has 0 saturated carbocycles. The van der Waals surface area contributed by atoms with Crippen LogP contribution in [-0.2, 0) is 16.8 Å². The number of aryl methyl sites for hydroxylation is 1. The van der Waals surface area contributed by atoms with E-state index in [9.17, 15) is 0 Å². The topological polar surface area (TPSA) is 41.2 Å². The Bertz CT molecular complexity index is 814. The highest BCUT2D eigenvalue weighted by Crippen LogP contribution is 2.61. The van der Waals surface area contributed by atoms with Crippen LogP contribution in [0.5, 0.6) is 0 Å². The number of benzene rings is 2. The zero-order valence-corrected chi connectivity index (χ0v) is 13.5. The van der Waals surface area contributed by atoms with Crippen LogP contribution in [0.25, 0.3) is 0 Å². The highest BCUT2D eigenvalue weighted by Gasteiger charge is 2.62. The highest BCUT2D eigenvalue weighted by atomic mass is 35.5. The number of halogens is 1. The molecule has 4 rings (SSSR count). The Morgan fingerprint density at radius 1 is 1.17 bits per heavy atom. The van der Waals surface area contributed by atoms with E-state index in [1.807, 2.05) is 30.5 Å². The second-order valence-electron chi connectivity index (χ2n) is 5.74. The Morgan fingerprint density at radius 2 is 1.96 bits per heavy atom. The van der Waals surface area contributed by atoms with Crippen molar-refractivity contribution in [1.82, 2.24) is 9.97 Å². The molecule has 2 heterocycles. The predicted octanol–water partition coefficient (Wildman–Crippen LogP) is 4.64. The number of rotatable bonds is 4. The van der Waals surface area contributed by atoms with Gasteiger partial charge in [-0.15, -0.1) is 0 Å². The molecule has 0 aliphatic carbocycles. The van der Waals surface area contributed by atoms with E-state index >= 15 is 0 Å². The summed E-state index contributed by atoms with van der Waals surface area (Å²) in [7, 11) is 0. The van der Waals surface area contributed by atoms with Crippen LogP contribution in [0.15, 0.2) is 60.9 Å². The largest absolute Gasteiger partial charge is 0.347 e. The van der Waals surface area contributed by atoms with Crippen LogP contribution in [0.3, 0.4) is 0 Å². The van der Waals surface area contributed by atoms with Crippen molar-refractivity contribution in [3.05, 3.63) is 88.5 Å². The number of aromatic amines is 1. The van der Waals surface area contributed by atoms with Gasteiger partial charge in [-0.1, -0.05) is 61.0 Å². The monoisotopic (exact) mass is 324 g/mol. The lowest BCUT2D eigenvalue weighted by atomic mass is 9.87. The molecule has 3 aromatic rings. The van der Waals surface area contributed by atoms with Crippen LogP contribution >= 0.6 is 11.6 Å². The van der Waals surface area contributed by atoms with Gasteiger partial charge in [-0.3, -0.25) is 0 Å². The molecule has 2 unspecified atom stereocenters. The summed E-state index contributed by atoms with van der Waals surface area (Å²) in [4.78, 5) is 7.52. The van der Waals surface area contributed by atoms with Gasteiger partial charge in [0.25, 0.3) is 0 Å². The van der Waals surface area contributed by atoms with E-state index in [4.69, 9.17) is 16.3 Å². The zero-order valence-electron chi connectivity index (χ0n) is 12.8. The van der Waals surface area contributed by atoms with Crippen LogP contribution in [0.4, 0.5) is 0 Å². The minimum absolute atomic E-state index is 0.148. The third-order valence-electron chi connectivity index (χ3n) is 4.45. The maximum atomic E-state index is 6.47. The van der Waals surface area contributed by atoms with Crippen LogP contribution < -0.4 is 0 Å². The quantitative estimate of drug-likeness (QED) is 0.710. The van der Waals surface area contributed by atoms with Gasteiger partial charge in [0.2, 0.25) is 0 Å². The van der Waals surface area contributed by atoms with Crippen molar-refractivity contribution in [2.75, 3.05) is 0 Å². The number of nitrogens with zero attached hydrogens (tertiary/aromatic N) is 1. The Morgan fingerprint density at radius 3 is 2.61 bits per heavy atom. The summed E-state index contributed by atoms with van der Waals surface area (Å²) < 4.78 is 6.20. The van der Waals surface area contributed by atoms with Crippen molar-refractivity contribution in [3.63, 3.8) is 0 Å². The number of imidazole rings is 1. The Kier molecular flexibility index (Phi) is 3.47. The number of nitrogens with one attached hydrogen (secondary N) is 1. The van der Waals surface area contributed by atoms with Gasteiger partial charge in [-0.05, 0) is 23.6 Å². The van der Waals surface area contributed by atoms with Crippen molar-refractivity contribution in [3.8, 4) is 0 Å². The van der Waals surface area contributed by atoms with Crippen molar-refractivity contribution in [1.29, 1.82) is 0 Å². The van der Waals surface area contributed by atoms with E-state index < -0.39 is 5.60 Å². The van der Waals surface area contributed by atoms with Gasteiger partial charge in [-0.2, -0.15) is 0 Å². The zero-order chi connectivity index (χ0) is 15.9. The van der Waals surface area contributed by atoms with E-state index in [0.29, 0.717) is 5.02 Å². The van der Waals surface area contributed by atoms with Crippen LogP contribution in [-0.4, -0.2) is 9.97 Å². The van der Waals surface area contributed by atoms with E-state index in [1.54, 1.807) is 6.20 Å². The fourth-order valence-electron chi connectivity index (χ4n) is 3.15. The molecule has 1 aliphatic heterocycles. The molecule has 0 radical (unpaired) electrons. The summed E-state index contributed by atoms with van der Waals surface area (Å²) in [6, 6.07) is 16.4. The van der Waals surface area contributed by atoms with Gasteiger partial charge in [0.05, 0.1) is 0 Å². The first kappa shape index (κ1) is 14.5. The molecule has 1 aliphatic rings. The number of aromatic nitrogens is 2. The fourth-order valence-corrected chi connectivity index (χ4v) is 3.43. The molecular formula is C19H17ClN2O. The van der Waals surface area contributed by atoms with Crippen LogP contribution in [0.1, 0.15) is 35.5 Å². The number of hydrogen-bond donors (Lipinski definition) is 1. The van der Waals surface area contributed by atoms with Gasteiger partial charge < -0.3 is 9.72 Å². The third kappa shape index (κ3) is 2.28. The summed E-state index contributed by atoms with van der Waals surface area (Å²) in [5.41, 5.74) is 2.82. The summed E-state index contributed by atoms with van der Waals surface area (Å²) in [5.74, 6) is 0.824. The lowest BCUT2D eigenvalue weighted by molar-refractivity contribution is 0.326. The van der Waals surface area contributed by atoms with Crippen molar-refractivity contribution in [2.24, 2.45) is 0 Å². The molecule has 1 fully saturated rings. The minimum Gasteiger partial charge on any atom is -0.347 e. The lowest BCUT2D eigenvalue weighted by Gasteiger charge is -2.16. The molecule has 1 aromatic heterocycles. The fraction of sp³-hybridized carbons (Fsp3) is 0.211. The number of H-pyrrole nitrogens is 1. The van der Waals surface area contributed by atoms with Crippen LogP contribution in [0.2, 0.25) is 5.02 Å². The number of ether oxygens (including phenoxy) is 1. The Hall–Kier alpha value is -2.10. The first-order chi connectivity index (χ1) is 11.3. The molecule has 3 nitrogen and oxygen atoms in total. The Balaban J connectivity index is 1.84. The van der Waals surface area contributed by atoms with E-state index in [0.717, 1.165) is 23.4 Å². The van der Waals surface area contributed by atoms with Crippen LogP contribution in [0, 0.1) is 0 Å². The maximum Gasteiger partial charge on any atom is 0.154 e. The first-order valence-electron chi connectivity index (χ1n) is 7.77. The molecule has 0 spiro atoms. The SMILES string of the molecule is CCc1ccc(C2(c3ccccc3Cl)OC2c2ncc[nH]2)cc1. The van der Waals surface area contributed by atoms with E-state index in [1.165, 1.54) is 5.56 Å². The Labute approximate surface area is 140 Å². The summed E-state index contributed by atoms with van der Waals surface area (Å²) in [5, 5.41) is 0.709. The second-order valence-corrected chi connectivity index (χ2v) is 6.15. The molecular weight excluding hydrogens is 308 g/mol. The third-order valence-corrected chi connectivity index (χ3v) is 4.78. The summed E-state index contributed by atoms with van der Waals surface area (Å²) in [6.07, 6.45) is 4.43. The molecule has 2 atom stereocenters. The summed E-state index contributed by atoms with van der Waals surface area (Å²) in [6.45, 7) is 2.15. The smallest absolute Gasteiger partial charge is 0.154 e.